The van der Waals surface area contributed by atoms with Gasteiger partial charge in [-0.2, -0.15) is 0 Å². The molecule has 0 saturated carbocycles. The molecule has 0 aliphatic heterocycles. The average Bonchev–Trinajstić information content (AvgIpc) is 1.98. The summed E-state index contributed by atoms with van der Waals surface area (Å²) in [6.07, 6.45) is 0. The molecular formula is C10H26N2Si. The Kier molecular flexibility index (Phi) is 5.84. The van der Waals surface area contributed by atoms with Crippen LogP contribution in [0.3, 0.4) is 0 Å². The van der Waals surface area contributed by atoms with Gasteiger partial charge in [-0.15, -0.1) is 0 Å². The molecule has 0 spiro atoms. The molecule has 0 rings (SSSR count). The summed E-state index contributed by atoms with van der Waals surface area (Å²) in [7, 11) is -1.33. The summed E-state index contributed by atoms with van der Waals surface area (Å²) in [5.74, 6) is 1.49. The Bertz CT molecular complexity index is 119. The van der Waals surface area contributed by atoms with E-state index in [2.05, 4.69) is 50.8 Å². The summed E-state index contributed by atoms with van der Waals surface area (Å²) in [6, 6.07) is 0. The predicted molar refractivity (Wildman–Crippen MR) is 63.2 cm³/mol. The van der Waals surface area contributed by atoms with E-state index in [-0.39, 0.29) is 0 Å². The van der Waals surface area contributed by atoms with Gasteiger partial charge in [-0.25, -0.2) is 0 Å². The van der Waals surface area contributed by atoms with Crippen molar-refractivity contribution < 1.29 is 0 Å². The summed E-state index contributed by atoms with van der Waals surface area (Å²) < 4.78 is 0. The SMILES string of the molecule is CC(C)CN[Si](C)(C)NCC(C)C. The maximum Gasteiger partial charge on any atom is 0.195 e. The molecule has 0 aromatic carbocycles. The molecule has 0 heterocycles. The van der Waals surface area contributed by atoms with Crippen LogP contribution in [0.5, 0.6) is 0 Å². The van der Waals surface area contributed by atoms with E-state index in [1.807, 2.05) is 0 Å². The first-order valence-electron chi connectivity index (χ1n) is 5.33. The Morgan fingerprint density at radius 3 is 1.38 bits per heavy atom. The highest BCUT2D eigenvalue weighted by molar-refractivity contribution is 6.72. The predicted octanol–water partition coefficient (Wildman–Crippen LogP) is 2.18. The van der Waals surface area contributed by atoms with Gasteiger partial charge in [-0.3, -0.25) is 0 Å². The van der Waals surface area contributed by atoms with Crippen LogP contribution in [0.2, 0.25) is 13.1 Å². The topological polar surface area (TPSA) is 24.1 Å². The molecule has 0 aromatic rings. The lowest BCUT2D eigenvalue weighted by Gasteiger charge is -2.27. The molecule has 0 aliphatic carbocycles. The second-order valence-corrected chi connectivity index (χ2v) is 9.13. The van der Waals surface area contributed by atoms with Gasteiger partial charge in [0.1, 0.15) is 0 Å². The number of hydrogen-bond acceptors (Lipinski definition) is 2. The molecule has 0 aromatic heterocycles. The van der Waals surface area contributed by atoms with Crippen LogP contribution in [0, 0.1) is 11.8 Å². The minimum atomic E-state index is -1.33. The van der Waals surface area contributed by atoms with Gasteiger partial charge in [0.15, 0.2) is 8.40 Å². The molecule has 0 aliphatic rings. The molecule has 2 N–H and O–H groups in total. The fraction of sp³-hybridized carbons (Fsp3) is 1.00. The molecule has 0 radical (unpaired) electrons. The van der Waals surface area contributed by atoms with Crippen LogP contribution in [0.25, 0.3) is 0 Å². The van der Waals surface area contributed by atoms with Crippen molar-refractivity contribution in [3.63, 3.8) is 0 Å². The van der Waals surface area contributed by atoms with Crippen LogP contribution in [0.4, 0.5) is 0 Å². The Balaban J connectivity index is 3.66. The van der Waals surface area contributed by atoms with Crippen LogP contribution in [-0.2, 0) is 0 Å². The Labute approximate surface area is 84.7 Å². The third-order valence-corrected chi connectivity index (χ3v) is 4.08. The lowest BCUT2D eigenvalue weighted by Crippen LogP contribution is -2.59. The minimum absolute atomic E-state index is 0.743. The lowest BCUT2D eigenvalue weighted by atomic mass is 10.2. The fourth-order valence-corrected chi connectivity index (χ4v) is 2.94. The maximum atomic E-state index is 3.64. The van der Waals surface area contributed by atoms with Crippen molar-refractivity contribution in [3.05, 3.63) is 0 Å². The summed E-state index contributed by atoms with van der Waals surface area (Å²) in [5, 5.41) is 0. The van der Waals surface area contributed by atoms with Crippen molar-refractivity contribution in [1.82, 2.24) is 9.96 Å². The van der Waals surface area contributed by atoms with Gasteiger partial charge in [-0.1, -0.05) is 27.7 Å². The Morgan fingerprint density at radius 2 is 1.15 bits per heavy atom. The molecule has 0 bridgehead atoms. The highest BCUT2D eigenvalue weighted by Crippen LogP contribution is 1.97. The molecule has 13 heavy (non-hydrogen) atoms. The molecule has 0 amide bonds. The Hall–Kier alpha value is 0.137. The van der Waals surface area contributed by atoms with Crippen molar-refractivity contribution >= 4 is 8.40 Å². The smallest absolute Gasteiger partial charge is 0.195 e. The van der Waals surface area contributed by atoms with E-state index >= 15 is 0 Å². The molecule has 3 heteroatoms. The minimum Gasteiger partial charge on any atom is -0.325 e. The number of nitrogens with one attached hydrogen (secondary N) is 2. The van der Waals surface area contributed by atoms with Crippen molar-refractivity contribution in [2.75, 3.05) is 13.1 Å². The van der Waals surface area contributed by atoms with E-state index in [4.69, 9.17) is 0 Å². The quantitative estimate of drug-likeness (QED) is 0.645. The van der Waals surface area contributed by atoms with Crippen LogP contribution in [0.15, 0.2) is 0 Å². The van der Waals surface area contributed by atoms with Crippen LogP contribution < -0.4 is 9.96 Å². The number of rotatable bonds is 6. The second kappa shape index (κ2) is 5.78. The zero-order valence-electron chi connectivity index (χ0n) is 10.1. The average molecular weight is 202 g/mol. The standard InChI is InChI=1S/C10H26N2Si/c1-9(2)7-11-13(5,6)12-8-10(3)4/h9-12H,7-8H2,1-6H3. The summed E-state index contributed by atoms with van der Waals surface area (Å²) in [5.41, 5.74) is 0. The van der Waals surface area contributed by atoms with Crippen molar-refractivity contribution in [2.45, 2.75) is 40.8 Å². The second-order valence-electron chi connectivity index (χ2n) is 5.17. The molecule has 0 fully saturated rings. The van der Waals surface area contributed by atoms with E-state index in [0.717, 1.165) is 24.9 Å². The van der Waals surface area contributed by atoms with Crippen LogP contribution in [0.1, 0.15) is 27.7 Å². The molecule has 80 valence electrons. The summed E-state index contributed by atoms with van der Waals surface area (Å²) in [4.78, 5) is 7.28. The largest absolute Gasteiger partial charge is 0.325 e. The normalized spacial score (nSPS) is 12.9. The Morgan fingerprint density at radius 1 is 0.846 bits per heavy atom. The highest BCUT2D eigenvalue weighted by Gasteiger charge is 2.19. The monoisotopic (exact) mass is 202 g/mol. The van der Waals surface area contributed by atoms with Crippen molar-refractivity contribution in [3.8, 4) is 0 Å². The molecule has 2 nitrogen and oxygen atoms in total. The molecule has 0 atom stereocenters. The third-order valence-electron chi connectivity index (χ3n) is 1.90. The number of hydrogen-bond donors (Lipinski definition) is 2. The first-order chi connectivity index (χ1) is 5.83. The first-order valence-corrected chi connectivity index (χ1v) is 8.33. The summed E-state index contributed by atoms with van der Waals surface area (Å²) in [6.45, 7) is 15.9. The van der Waals surface area contributed by atoms with Crippen molar-refractivity contribution in [1.29, 1.82) is 0 Å². The summed E-state index contributed by atoms with van der Waals surface area (Å²) >= 11 is 0. The lowest BCUT2D eigenvalue weighted by molar-refractivity contribution is 0.593. The van der Waals surface area contributed by atoms with E-state index in [9.17, 15) is 0 Å². The third kappa shape index (κ3) is 8.47. The van der Waals surface area contributed by atoms with Gasteiger partial charge in [0, 0.05) is 0 Å². The van der Waals surface area contributed by atoms with Gasteiger partial charge in [0.2, 0.25) is 0 Å². The van der Waals surface area contributed by atoms with E-state index in [1.165, 1.54) is 0 Å². The fourth-order valence-electron chi connectivity index (χ4n) is 0.981. The van der Waals surface area contributed by atoms with Crippen LogP contribution >= 0.6 is 0 Å². The van der Waals surface area contributed by atoms with Gasteiger partial charge < -0.3 is 9.96 Å². The van der Waals surface area contributed by atoms with Crippen molar-refractivity contribution in [2.24, 2.45) is 11.8 Å². The van der Waals surface area contributed by atoms with Gasteiger partial charge in [-0.05, 0) is 38.0 Å². The van der Waals surface area contributed by atoms with Gasteiger partial charge in [0.05, 0.1) is 0 Å². The molecule has 0 saturated heterocycles. The van der Waals surface area contributed by atoms with E-state index < -0.39 is 8.40 Å². The van der Waals surface area contributed by atoms with E-state index in [1.54, 1.807) is 0 Å². The van der Waals surface area contributed by atoms with Crippen LogP contribution in [-0.4, -0.2) is 21.5 Å². The zero-order chi connectivity index (χ0) is 10.5. The molecular weight excluding hydrogens is 176 g/mol. The molecule has 0 unspecified atom stereocenters. The highest BCUT2D eigenvalue weighted by atomic mass is 28.3. The maximum absolute atomic E-state index is 3.64. The van der Waals surface area contributed by atoms with E-state index in [0.29, 0.717) is 0 Å². The zero-order valence-corrected chi connectivity index (χ0v) is 11.1. The van der Waals surface area contributed by atoms with Gasteiger partial charge >= 0.3 is 0 Å². The van der Waals surface area contributed by atoms with Gasteiger partial charge in [0.25, 0.3) is 0 Å². The first kappa shape index (κ1) is 13.1.